The molecule has 0 fully saturated rings. The summed E-state index contributed by atoms with van der Waals surface area (Å²) in [6, 6.07) is 10.1. The minimum absolute atomic E-state index is 0.150. The SMILES string of the molecule is COC(=O)COc1ccc(C(=O)C=Cc2cc(C)c(O)c(C)c2)cc1. The van der Waals surface area contributed by atoms with Gasteiger partial charge in [-0.05, 0) is 73.0 Å². The lowest BCUT2D eigenvalue weighted by Gasteiger charge is -2.05. The van der Waals surface area contributed by atoms with Crippen LogP contribution in [-0.2, 0) is 9.53 Å². The average Bonchev–Trinajstić information content (AvgIpc) is 2.62. The maximum Gasteiger partial charge on any atom is 0.343 e. The van der Waals surface area contributed by atoms with E-state index in [9.17, 15) is 14.7 Å². The topological polar surface area (TPSA) is 72.8 Å². The first-order chi connectivity index (χ1) is 11.9. The van der Waals surface area contributed by atoms with E-state index in [2.05, 4.69) is 4.74 Å². The normalized spacial score (nSPS) is 10.7. The molecular formula is C20H20O5. The van der Waals surface area contributed by atoms with Gasteiger partial charge in [0.05, 0.1) is 7.11 Å². The Morgan fingerprint density at radius 2 is 1.68 bits per heavy atom. The molecule has 0 saturated carbocycles. The largest absolute Gasteiger partial charge is 0.507 e. The van der Waals surface area contributed by atoms with E-state index >= 15 is 0 Å². The van der Waals surface area contributed by atoms with Crippen molar-refractivity contribution in [3.63, 3.8) is 0 Å². The van der Waals surface area contributed by atoms with Crippen LogP contribution in [0.4, 0.5) is 0 Å². The van der Waals surface area contributed by atoms with Crippen LogP contribution in [0.3, 0.4) is 0 Å². The number of allylic oxidation sites excluding steroid dienone is 1. The molecular weight excluding hydrogens is 320 g/mol. The fraction of sp³-hybridized carbons (Fsp3) is 0.200. The molecule has 0 radical (unpaired) electrons. The molecule has 0 spiro atoms. The van der Waals surface area contributed by atoms with E-state index in [-0.39, 0.29) is 18.1 Å². The van der Waals surface area contributed by atoms with Gasteiger partial charge in [-0.1, -0.05) is 6.08 Å². The van der Waals surface area contributed by atoms with Crippen molar-refractivity contribution in [1.82, 2.24) is 0 Å². The number of hydrogen-bond donors (Lipinski definition) is 1. The fourth-order valence-electron chi connectivity index (χ4n) is 2.27. The quantitative estimate of drug-likeness (QED) is 0.495. The van der Waals surface area contributed by atoms with E-state index in [0.717, 1.165) is 16.7 Å². The predicted octanol–water partition coefficient (Wildman–Crippen LogP) is 3.46. The van der Waals surface area contributed by atoms with Crippen molar-refractivity contribution in [2.24, 2.45) is 0 Å². The second kappa shape index (κ2) is 8.15. The summed E-state index contributed by atoms with van der Waals surface area (Å²) in [4.78, 5) is 23.3. The van der Waals surface area contributed by atoms with Gasteiger partial charge in [0.1, 0.15) is 11.5 Å². The molecule has 0 aliphatic rings. The van der Waals surface area contributed by atoms with Crippen molar-refractivity contribution in [2.75, 3.05) is 13.7 Å². The molecule has 2 rings (SSSR count). The third-order valence-corrected chi connectivity index (χ3v) is 3.66. The van der Waals surface area contributed by atoms with Crippen LogP contribution in [0.1, 0.15) is 27.0 Å². The highest BCUT2D eigenvalue weighted by Gasteiger charge is 2.06. The zero-order valence-corrected chi connectivity index (χ0v) is 14.4. The first-order valence-electron chi connectivity index (χ1n) is 7.73. The number of rotatable bonds is 6. The monoisotopic (exact) mass is 340 g/mol. The number of benzene rings is 2. The number of aryl methyl sites for hydroxylation is 2. The van der Waals surface area contributed by atoms with Crippen LogP contribution in [0.5, 0.6) is 11.5 Å². The maximum atomic E-state index is 12.2. The third-order valence-electron chi connectivity index (χ3n) is 3.66. The van der Waals surface area contributed by atoms with Gasteiger partial charge >= 0.3 is 5.97 Å². The van der Waals surface area contributed by atoms with Gasteiger partial charge in [0, 0.05) is 5.56 Å². The zero-order valence-electron chi connectivity index (χ0n) is 14.4. The summed E-state index contributed by atoms with van der Waals surface area (Å²) in [6.45, 7) is 3.45. The molecule has 0 amide bonds. The molecule has 0 atom stereocenters. The van der Waals surface area contributed by atoms with Crippen LogP contribution >= 0.6 is 0 Å². The van der Waals surface area contributed by atoms with E-state index in [1.807, 2.05) is 26.0 Å². The van der Waals surface area contributed by atoms with Gasteiger partial charge in [-0.3, -0.25) is 4.79 Å². The molecule has 0 aliphatic heterocycles. The van der Waals surface area contributed by atoms with Crippen LogP contribution in [0.15, 0.2) is 42.5 Å². The molecule has 2 aromatic rings. The molecule has 2 aromatic carbocycles. The Labute approximate surface area is 146 Å². The molecule has 1 N–H and O–H groups in total. The third kappa shape index (κ3) is 4.94. The van der Waals surface area contributed by atoms with Crippen molar-refractivity contribution in [3.05, 3.63) is 64.7 Å². The highest BCUT2D eigenvalue weighted by atomic mass is 16.6. The van der Waals surface area contributed by atoms with Gasteiger partial charge in [0.15, 0.2) is 12.4 Å². The Balaban J connectivity index is 2.04. The summed E-state index contributed by atoms with van der Waals surface area (Å²) in [5, 5.41) is 9.77. The summed E-state index contributed by atoms with van der Waals surface area (Å²) < 4.78 is 9.72. The number of carbonyl (C=O) groups excluding carboxylic acids is 2. The predicted molar refractivity (Wildman–Crippen MR) is 94.9 cm³/mol. The number of ketones is 1. The van der Waals surface area contributed by atoms with Gasteiger partial charge in [-0.15, -0.1) is 0 Å². The summed E-state index contributed by atoms with van der Waals surface area (Å²) >= 11 is 0. The molecule has 0 saturated heterocycles. The molecule has 0 aromatic heterocycles. The Morgan fingerprint density at radius 3 is 2.24 bits per heavy atom. The first kappa shape index (κ1) is 18.3. The van der Waals surface area contributed by atoms with Crippen molar-refractivity contribution in [3.8, 4) is 11.5 Å². The second-order valence-corrected chi connectivity index (χ2v) is 5.59. The summed E-state index contributed by atoms with van der Waals surface area (Å²) in [5.74, 6) is 0.132. The Hall–Kier alpha value is -3.08. The van der Waals surface area contributed by atoms with Crippen molar-refractivity contribution < 1.29 is 24.2 Å². The number of carbonyl (C=O) groups is 2. The highest BCUT2D eigenvalue weighted by Crippen LogP contribution is 2.23. The van der Waals surface area contributed by atoms with Crippen LogP contribution in [-0.4, -0.2) is 30.6 Å². The molecule has 5 nitrogen and oxygen atoms in total. The highest BCUT2D eigenvalue weighted by molar-refractivity contribution is 6.06. The minimum Gasteiger partial charge on any atom is -0.507 e. The molecule has 5 heteroatoms. The van der Waals surface area contributed by atoms with Crippen molar-refractivity contribution >= 4 is 17.8 Å². The molecule has 25 heavy (non-hydrogen) atoms. The summed E-state index contributed by atoms with van der Waals surface area (Å²) in [7, 11) is 1.29. The number of aromatic hydroxyl groups is 1. The van der Waals surface area contributed by atoms with Crippen LogP contribution in [0, 0.1) is 13.8 Å². The van der Waals surface area contributed by atoms with Crippen LogP contribution < -0.4 is 4.74 Å². The first-order valence-corrected chi connectivity index (χ1v) is 7.73. The standard InChI is InChI=1S/C20H20O5/c1-13-10-15(11-14(2)20(13)23)4-9-18(21)16-5-7-17(8-6-16)25-12-19(22)24-3/h4-11,23H,12H2,1-3H3. The van der Waals surface area contributed by atoms with Crippen molar-refractivity contribution in [2.45, 2.75) is 13.8 Å². The Morgan fingerprint density at radius 1 is 1.08 bits per heavy atom. The molecule has 130 valence electrons. The molecule has 0 aliphatic carbocycles. The number of phenols is 1. The molecule has 0 bridgehead atoms. The maximum absolute atomic E-state index is 12.2. The lowest BCUT2D eigenvalue weighted by atomic mass is 10.0. The van der Waals surface area contributed by atoms with Gasteiger partial charge in [-0.25, -0.2) is 4.79 Å². The summed E-state index contributed by atoms with van der Waals surface area (Å²) in [6.07, 6.45) is 3.19. The van der Waals surface area contributed by atoms with Crippen LogP contribution in [0.25, 0.3) is 6.08 Å². The minimum atomic E-state index is -0.470. The fourth-order valence-corrected chi connectivity index (χ4v) is 2.27. The van der Waals surface area contributed by atoms with Crippen molar-refractivity contribution in [1.29, 1.82) is 0 Å². The van der Waals surface area contributed by atoms with Gasteiger partial charge in [0.2, 0.25) is 0 Å². The number of esters is 1. The van der Waals surface area contributed by atoms with E-state index in [1.165, 1.54) is 13.2 Å². The van der Waals surface area contributed by atoms with E-state index in [0.29, 0.717) is 11.3 Å². The van der Waals surface area contributed by atoms with E-state index < -0.39 is 5.97 Å². The smallest absolute Gasteiger partial charge is 0.343 e. The zero-order chi connectivity index (χ0) is 18.4. The molecule has 0 unspecified atom stereocenters. The Bertz CT molecular complexity index is 780. The second-order valence-electron chi connectivity index (χ2n) is 5.59. The van der Waals surface area contributed by atoms with Gasteiger partial charge in [0.25, 0.3) is 0 Å². The molecule has 0 heterocycles. The summed E-state index contributed by atoms with van der Waals surface area (Å²) in [5.41, 5.74) is 2.88. The average molecular weight is 340 g/mol. The van der Waals surface area contributed by atoms with Crippen LogP contribution in [0.2, 0.25) is 0 Å². The van der Waals surface area contributed by atoms with E-state index in [4.69, 9.17) is 4.74 Å². The lowest BCUT2D eigenvalue weighted by molar-refractivity contribution is -0.142. The number of methoxy groups -OCH3 is 1. The number of phenolic OH excluding ortho intramolecular Hbond substituents is 1. The van der Waals surface area contributed by atoms with E-state index in [1.54, 1.807) is 30.3 Å². The van der Waals surface area contributed by atoms with Gasteiger partial charge < -0.3 is 14.6 Å². The lowest BCUT2D eigenvalue weighted by Crippen LogP contribution is -2.12. The Kier molecular flexibility index (Phi) is 5.95. The number of ether oxygens (including phenoxy) is 2. The van der Waals surface area contributed by atoms with Gasteiger partial charge in [-0.2, -0.15) is 0 Å². The number of hydrogen-bond acceptors (Lipinski definition) is 5.